The molecule has 0 radical (unpaired) electrons. The van der Waals surface area contributed by atoms with E-state index in [4.69, 9.17) is 9.47 Å². The number of aromatic nitrogens is 2. The second-order valence-electron chi connectivity index (χ2n) is 6.94. The van der Waals surface area contributed by atoms with E-state index in [9.17, 15) is 4.79 Å². The summed E-state index contributed by atoms with van der Waals surface area (Å²) < 4.78 is 12.5. The van der Waals surface area contributed by atoms with Gasteiger partial charge in [-0.2, -0.15) is 5.10 Å². The number of rotatable bonds is 7. The third-order valence-electron chi connectivity index (χ3n) is 4.44. The van der Waals surface area contributed by atoms with Gasteiger partial charge in [-0.05, 0) is 43.5 Å². The van der Waals surface area contributed by atoms with Gasteiger partial charge in [-0.3, -0.25) is 9.48 Å². The van der Waals surface area contributed by atoms with E-state index in [1.54, 1.807) is 19.1 Å². The molecule has 0 bridgehead atoms. The number of nitrogens with zero attached hydrogens (tertiary/aromatic N) is 3. The van der Waals surface area contributed by atoms with Crippen LogP contribution in [0.3, 0.4) is 0 Å². The minimum atomic E-state index is -0.325. The second-order valence-corrected chi connectivity index (χ2v) is 6.94. The molecule has 0 aliphatic heterocycles. The summed E-state index contributed by atoms with van der Waals surface area (Å²) in [4.78, 5) is 14.9. The molecule has 0 spiro atoms. The number of methoxy groups -OCH3 is 2. The molecule has 2 aromatic rings. The van der Waals surface area contributed by atoms with Gasteiger partial charge >= 0.3 is 0 Å². The molecule has 1 heterocycles. The van der Waals surface area contributed by atoms with Crippen molar-refractivity contribution in [3.8, 4) is 11.5 Å². The minimum Gasteiger partial charge on any atom is -0.493 e. The number of carbonyl (C=O) groups excluding carboxylic acids is 1. The van der Waals surface area contributed by atoms with Gasteiger partial charge in [0.2, 0.25) is 5.91 Å². The van der Waals surface area contributed by atoms with E-state index in [0.29, 0.717) is 18.0 Å². The lowest BCUT2D eigenvalue weighted by molar-refractivity contribution is -0.135. The molecule has 0 saturated heterocycles. The van der Waals surface area contributed by atoms with Gasteiger partial charge < -0.3 is 14.4 Å². The Morgan fingerprint density at radius 3 is 2.31 bits per heavy atom. The van der Waals surface area contributed by atoms with Crippen LogP contribution < -0.4 is 9.47 Å². The summed E-state index contributed by atoms with van der Waals surface area (Å²) in [6.07, 6.45) is 0. The predicted octanol–water partition coefficient (Wildman–Crippen LogP) is 3.37. The topological polar surface area (TPSA) is 56.6 Å². The first kappa shape index (κ1) is 19.8. The molecule has 0 unspecified atom stereocenters. The van der Waals surface area contributed by atoms with Gasteiger partial charge in [-0.25, -0.2) is 0 Å². The van der Waals surface area contributed by atoms with Crippen LogP contribution >= 0.6 is 0 Å². The van der Waals surface area contributed by atoms with Crippen LogP contribution in [0.2, 0.25) is 0 Å². The van der Waals surface area contributed by atoms with Gasteiger partial charge in [0.1, 0.15) is 6.04 Å². The Morgan fingerprint density at radius 2 is 1.81 bits per heavy atom. The van der Waals surface area contributed by atoms with E-state index in [-0.39, 0.29) is 17.9 Å². The first-order chi connectivity index (χ1) is 12.3. The van der Waals surface area contributed by atoms with Crippen LogP contribution in [0.25, 0.3) is 0 Å². The number of benzene rings is 1. The lowest BCUT2D eigenvalue weighted by Crippen LogP contribution is -2.37. The highest BCUT2D eigenvalue weighted by Crippen LogP contribution is 2.29. The highest BCUT2D eigenvalue weighted by atomic mass is 16.5. The Kier molecular flexibility index (Phi) is 6.29. The molecule has 1 aromatic carbocycles. The summed E-state index contributed by atoms with van der Waals surface area (Å²) in [7, 11) is 5.03. The van der Waals surface area contributed by atoms with Crippen molar-refractivity contribution in [2.45, 2.75) is 40.3 Å². The molecule has 26 heavy (non-hydrogen) atoms. The maximum Gasteiger partial charge on any atom is 0.247 e. The highest BCUT2D eigenvalue weighted by Gasteiger charge is 2.29. The van der Waals surface area contributed by atoms with Gasteiger partial charge in [-0.15, -0.1) is 0 Å². The SMILES string of the molecule is COc1ccc(CN(C)C(=O)[C@H](C(C)C)n2nc(C)cc2C)cc1OC. The number of likely N-dealkylation sites (N-methyl/N-ethyl adjacent to an activating group) is 1. The van der Waals surface area contributed by atoms with E-state index < -0.39 is 0 Å². The highest BCUT2D eigenvalue weighted by molar-refractivity contribution is 5.80. The van der Waals surface area contributed by atoms with Crippen LogP contribution in [0.5, 0.6) is 11.5 Å². The zero-order chi connectivity index (χ0) is 19.4. The maximum atomic E-state index is 13.1. The van der Waals surface area contributed by atoms with Crippen LogP contribution in [0.1, 0.15) is 36.8 Å². The fraction of sp³-hybridized carbons (Fsp3) is 0.500. The fourth-order valence-electron chi connectivity index (χ4n) is 3.16. The van der Waals surface area contributed by atoms with Crippen molar-refractivity contribution < 1.29 is 14.3 Å². The van der Waals surface area contributed by atoms with Crippen LogP contribution in [0.4, 0.5) is 0 Å². The van der Waals surface area contributed by atoms with Crippen LogP contribution in [-0.4, -0.2) is 41.9 Å². The van der Waals surface area contributed by atoms with Crippen molar-refractivity contribution in [2.75, 3.05) is 21.3 Å². The molecule has 0 aliphatic rings. The average Bonchev–Trinajstić information content (AvgIpc) is 2.92. The summed E-state index contributed by atoms with van der Waals surface area (Å²) in [5.41, 5.74) is 2.90. The van der Waals surface area contributed by atoms with Crippen molar-refractivity contribution in [1.82, 2.24) is 14.7 Å². The van der Waals surface area contributed by atoms with Gasteiger partial charge in [0.15, 0.2) is 11.5 Å². The Hall–Kier alpha value is -2.50. The Balaban J connectivity index is 2.23. The molecule has 1 amide bonds. The molecule has 0 N–H and O–H groups in total. The number of hydrogen-bond acceptors (Lipinski definition) is 4. The summed E-state index contributed by atoms with van der Waals surface area (Å²) in [5.74, 6) is 1.51. The fourth-order valence-corrected chi connectivity index (χ4v) is 3.16. The second kappa shape index (κ2) is 8.25. The Morgan fingerprint density at radius 1 is 1.15 bits per heavy atom. The van der Waals surface area contributed by atoms with E-state index in [0.717, 1.165) is 17.0 Å². The molecule has 142 valence electrons. The average molecular weight is 359 g/mol. The molecule has 1 aromatic heterocycles. The molecular weight excluding hydrogens is 330 g/mol. The third kappa shape index (κ3) is 4.18. The van der Waals surface area contributed by atoms with E-state index in [2.05, 4.69) is 5.10 Å². The molecule has 6 heteroatoms. The largest absolute Gasteiger partial charge is 0.493 e. The van der Waals surface area contributed by atoms with Crippen LogP contribution in [0.15, 0.2) is 24.3 Å². The monoisotopic (exact) mass is 359 g/mol. The van der Waals surface area contributed by atoms with Crippen LogP contribution in [-0.2, 0) is 11.3 Å². The zero-order valence-corrected chi connectivity index (χ0v) is 16.7. The van der Waals surface area contributed by atoms with Crippen molar-refractivity contribution >= 4 is 5.91 Å². The van der Waals surface area contributed by atoms with E-state index in [1.165, 1.54) is 0 Å². The summed E-state index contributed by atoms with van der Waals surface area (Å²) >= 11 is 0. The van der Waals surface area contributed by atoms with Gasteiger partial charge in [0.05, 0.1) is 19.9 Å². The van der Waals surface area contributed by atoms with Gasteiger partial charge in [0, 0.05) is 19.3 Å². The first-order valence-electron chi connectivity index (χ1n) is 8.77. The normalized spacial score (nSPS) is 12.2. The van der Waals surface area contributed by atoms with Crippen molar-refractivity contribution in [1.29, 1.82) is 0 Å². The van der Waals surface area contributed by atoms with Crippen LogP contribution in [0, 0.1) is 19.8 Å². The van der Waals surface area contributed by atoms with E-state index >= 15 is 0 Å². The Labute approximate surface area is 155 Å². The molecule has 0 fully saturated rings. The first-order valence-corrected chi connectivity index (χ1v) is 8.77. The smallest absolute Gasteiger partial charge is 0.247 e. The molecule has 1 atom stereocenters. The lowest BCUT2D eigenvalue weighted by atomic mass is 10.0. The standard InChI is InChI=1S/C20H29N3O3/c1-13(2)19(23-15(4)10-14(3)21-23)20(24)22(5)12-16-8-9-17(25-6)18(11-16)26-7/h8-11,13,19H,12H2,1-7H3/t19-/m0/s1. The molecule has 6 nitrogen and oxygen atoms in total. The third-order valence-corrected chi connectivity index (χ3v) is 4.44. The quantitative estimate of drug-likeness (QED) is 0.760. The van der Waals surface area contributed by atoms with E-state index in [1.807, 2.05) is 63.7 Å². The molecular formula is C20H29N3O3. The zero-order valence-electron chi connectivity index (χ0n) is 16.7. The van der Waals surface area contributed by atoms with Crippen molar-refractivity contribution in [2.24, 2.45) is 5.92 Å². The molecule has 0 saturated carbocycles. The van der Waals surface area contributed by atoms with Crippen molar-refractivity contribution in [3.63, 3.8) is 0 Å². The number of ether oxygens (including phenoxy) is 2. The number of hydrogen-bond donors (Lipinski definition) is 0. The molecule has 0 aliphatic carbocycles. The summed E-state index contributed by atoms with van der Waals surface area (Å²) in [6, 6.07) is 7.37. The minimum absolute atomic E-state index is 0.0426. The Bertz CT molecular complexity index is 768. The van der Waals surface area contributed by atoms with Gasteiger partial charge in [-0.1, -0.05) is 19.9 Å². The number of aryl methyl sites for hydroxylation is 2. The maximum absolute atomic E-state index is 13.1. The summed E-state index contributed by atoms with van der Waals surface area (Å²) in [5, 5.41) is 4.53. The number of amides is 1. The predicted molar refractivity (Wildman–Crippen MR) is 102 cm³/mol. The summed E-state index contributed by atoms with van der Waals surface area (Å²) in [6.45, 7) is 8.50. The molecule has 2 rings (SSSR count). The van der Waals surface area contributed by atoms with Crippen molar-refractivity contribution in [3.05, 3.63) is 41.2 Å². The van der Waals surface area contributed by atoms with Gasteiger partial charge in [0.25, 0.3) is 0 Å². The lowest BCUT2D eigenvalue weighted by Gasteiger charge is -2.27. The number of carbonyl (C=O) groups is 1.